The van der Waals surface area contributed by atoms with Crippen molar-refractivity contribution in [2.24, 2.45) is 0 Å². The SMILES string of the molecule is Cc1ccc2nc(N3C(=O)C(=O)C(=C(O)c4ccccc4)C3c3ccc([N+](=O)[O-])cc3)sc2c1. The summed E-state index contributed by atoms with van der Waals surface area (Å²) >= 11 is 1.26. The Labute approximate surface area is 197 Å². The normalized spacial score (nSPS) is 17.4. The Hall–Kier alpha value is -4.37. The van der Waals surface area contributed by atoms with Crippen molar-refractivity contribution in [1.29, 1.82) is 0 Å². The molecule has 0 bridgehead atoms. The first-order chi connectivity index (χ1) is 16.3. The van der Waals surface area contributed by atoms with Crippen LogP contribution >= 0.6 is 11.3 Å². The van der Waals surface area contributed by atoms with Gasteiger partial charge >= 0.3 is 5.91 Å². The third-order valence-corrected chi connectivity index (χ3v) is 6.67. The number of rotatable bonds is 4. The van der Waals surface area contributed by atoms with Crippen LogP contribution in [-0.2, 0) is 9.59 Å². The van der Waals surface area contributed by atoms with Crippen molar-refractivity contribution in [1.82, 2.24) is 4.98 Å². The molecule has 1 N–H and O–H groups in total. The van der Waals surface area contributed by atoms with Gasteiger partial charge in [-0.1, -0.05) is 47.7 Å². The Morgan fingerprint density at radius 1 is 1.06 bits per heavy atom. The van der Waals surface area contributed by atoms with Crippen molar-refractivity contribution in [3.63, 3.8) is 0 Å². The zero-order chi connectivity index (χ0) is 24.0. The van der Waals surface area contributed by atoms with Crippen molar-refractivity contribution in [3.05, 3.63) is 105 Å². The number of carbonyl (C=O) groups excluding carboxylic acids is 2. The maximum atomic E-state index is 13.2. The lowest BCUT2D eigenvalue weighted by Crippen LogP contribution is -2.29. The zero-order valence-electron chi connectivity index (χ0n) is 17.8. The molecular weight excluding hydrogens is 454 g/mol. The lowest BCUT2D eigenvalue weighted by Gasteiger charge is -2.22. The van der Waals surface area contributed by atoms with Gasteiger partial charge in [0.2, 0.25) is 0 Å². The van der Waals surface area contributed by atoms with Crippen LogP contribution in [0.2, 0.25) is 0 Å². The average Bonchev–Trinajstić information content (AvgIpc) is 3.37. The minimum atomic E-state index is -0.998. The van der Waals surface area contributed by atoms with E-state index in [1.165, 1.54) is 40.5 Å². The molecule has 1 atom stereocenters. The minimum Gasteiger partial charge on any atom is -0.507 e. The van der Waals surface area contributed by atoms with Crippen LogP contribution in [0, 0.1) is 17.0 Å². The predicted octanol–water partition coefficient (Wildman–Crippen LogP) is 5.14. The number of aliphatic hydroxyl groups is 1. The predicted molar refractivity (Wildman–Crippen MR) is 129 cm³/mol. The molecule has 1 aliphatic heterocycles. The molecule has 3 aromatic carbocycles. The number of aliphatic hydroxyl groups excluding tert-OH is 1. The Bertz CT molecular complexity index is 1490. The molecule has 168 valence electrons. The summed E-state index contributed by atoms with van der Waals surface area (Å²) in [7, 11) is 0. The van der Waals surface area contributed by atoms with Gasteiger partial charge in [-0.25, -0.2) is 4.98 Å². The summed E-state index contributed by atoms with van der Waals surface area (Å²) < 4.78 is 0.849. The largest absolute Gasteiger partial charge is 0.507 e. The van der Waals surface area contributed by atoms with Gasteiger partial charge in [0, 0.05) is 17.7 Å². The molecule has 0 spiro atoms. The molecule has 0 radical (unpaired) electrons. The number of carbonyl (C=O) groups is 2. The molecule has 1 fully saturated rings. The molecule has 1 aromatic heterocycles. The topological polar surface area (TPSA) is 114 Å². The second-order valence-corrected chi connectivity index (χ2v) is 8.86. The van der Waals surface area contributed by atoms with E-state index in [4.69, 9.17) is 0 Å². The number of benzene rings is 3. The highest BCUT2D eigenvalue weighted by Crippen LogP contribution is 2.44. The molecule has 1 amide bonds. The van der Waals surface area contributed by atoms with Gasteiger partial charge in [0.15, 0.2) is 5.13 Å². The molecular formula is C25H17N3O5S. The maximum Gasteiger partial charge on any atom is 0.301 e. The summed E-state index contributed by atoms with van der Waals surface area (Å²) in [5.74, 6) is -1.99. The molecule has 4 aromatic rings. The summed E-state index contributed by atoms with van der Waals surface area (Å²) in [5.41, 5.74) is 2.31. The monoisotopic (exact) mass is 471 g/mol. The third kappa shape index (κ3) is 3.52. The zero-order valence-corrected chi connectivity index (χ0v) is 18.7. The number of nitrogens with zero attached hydrogens (tertiary/aromatic N) is 3. The van der Waals surface area contributed by atoms with E-state index in [2.05, 4.69) is 4.98 Å². The number of nitro groups is 1. The van der Waals surface area contributed by atoms with Crippen molar-refractivity contribution in [2.45, 2.75) is 13.0 Å². The number of Topliss-reactive ketones (excluding diaryl/α,β-unsaturated/α-hetero) is 1. The molecule has 9 heteroatoms. The quantitative estimate of drug-likeness (QED) is 0.145. The van der Waals surface area contributed by atoms with Gasteiger partial charge in [-0.15, -0.1) is 0 Å². The molecule has 2 heterocycles. The summed E-state index contributed by atoms with van der Waals surface area (Å²) in [5, 5.41) is 22.5. The maximum absolute atomic E-state index is 13.2. The standard InChI is InChI=1S/C25H17N3O5S/c1-14-7-12-18-19(13-14)34-25(26-18)27-21(15-8-10-17(11-9-15)28(32)33)20(23(30)24(27)31)22(29)16-5-3-2-4-6-16/h2-13,21,29H,1H3. The first-order valence-electron chi connectivity index (χ1n) is 10.3. The van der Waals surface area contributed by atoms with E-state index >= 15 is 0 Å². The number of non-ortho nitro benzene ring substituents is 1. The Morgan fingerprint density at radius 3 is 2.44 bits per heavy atom. The number of thiazole rings is 1. The van der Waals surface area contributed by atoms with Crippen molar-refractivity contribution < 1.29 is 19.6 Å². The van der Waals surface area contributed by atoms with E-state index < -0.39 is 22.7 Å². The number of nitro benzene ring substituents is 1. The van der Waals surface area contributed by atoms with Gasteiger partial charge in [-0.3, -0.25) is 24.6 Å². The van der Waals surface area contributed by atoms with Gasteiger partial charge in [0.05, 0.1) is 26.8 Å². The molecule has 34 heavy (non-hydrogen) atoms. The van der Waals surface area contributed by atoms with E-state index in [1.54, 1.807) is 30.3 Å². The number of hydrogen-bond donors (Lipinski definition) is 1. The Kier molecular flexibility index (Phi) is 5.18. The number of hydrogen-bond acceptors (Lipinski definition) is 7. The van der Waals surface area contributed by atoms with Crippen LogP contribution in [0.15, 0.2) is 78.4 Å². The van der Waals surface area contributed by atoms with Crippen molar-refractivity contribution in [2.75, 3.05) is 4.90 Å². The van der Waals surface area contributed by atoms with Crippen LogP contribution in [0.5, 0.6) is 0 Å². The summed E-state index contributed by atoms with van der Waals surface area (Å²) in [4.78, 5) is 42.9. The van der Waals surface area contributed by atoms with Crippen LogP contribution in [0.4, 0.5) is 10.8 Å². The van der Waals surface area contributed by atoms with Crippen LogP contribution in [0.3, 0.4) is 0 Å². The molecule has 5 rings (SSSR count). The Balaban J connectivity index is 1.72. The second kappa shape index (κ2) is 8.20. The number of anilines is 1. The average molecular weight is 471 g/mol. The highest BCUT2D eigenvalue weighted by Gasteiger charge is 2.48. The molecule has 1 saturated heterocycles. The summed E-state index contributed by atoms with van der Waals surface area (Å²) in [6, 6.07) is 18.7. The van der Waals surface area contributed by atoms with Gasteiger partial charge in [0.25, 0.3) is 11.5 Å². The van der Waals surface area contributed by atoms with Crippen molar-refractivity contribution >= 4 is 49.8 Å². The fourth-order valence-electron chi connectivity index (χ4n) is 4.00. The van der Waals surface area contributed by atoms with Gasteiger partial charge in [0.1, 0.15) is 5.76 Å². The fourth-order valence-corrected chi connectivity index (χ4v) is 5.09. The van der Waals surface area contributed by atoms with E-state index in [1.807, 2.05) is 25.1 Å². The molecule has 0 saturated carbocycles. The summed E-state index contributed by atoms with van der Waals surface area (Å²) in [6.07, 6.45) is 0. The smallest absolute Gasteiger partial charge is 0.301 e. The number of aryl methyl sites for hydroxylation is 1. The molecule has 1 aliphatic rings. The van der Waals surface area contributed by atoms with Gasteiger partial charge in [-0.05, 0) is 42.3 Å². The minimum absolute atomic E-state index is 0.0968. The van der Waals surface area contributed by atoms with Crippen LogP contribution in [-0.4, -0.2) is 26.7 Å². The summed E-state index contributed by atoms with van der Waals surface area (Å²) in [6.45, 7) is 1.95. The number of amides is 1. The number of fused-ring (bicyclic) bond motifs is 1. The van der Waals surface area contributed by atoms with Gasteiger partial charge < -0.3 is 5.11 Å². The number of ketones is 1. The first kappa shape index (κ1) is 21.5. The van der Waals surface area contributed by atoms with Gasteiger partial charge in [-0.2, -0.15) is 0 Å². The van der Waals surface area contributed by atoms with Crippen LogP contribution < -0.4 is 4.90 Å². The molecule has 1 unspecified atom stereocenters. The second-order valence-electron chi connectivity index (χ2n) is 7.85. The van der Waals surface area contributed by atoms with E-state index in [-0.39, 0.29) is 17.0 Å². The first-order valence-corrected chi connectivity index (χ1v) is 11.1. The third-order valence-electron chi connectivity index (χ3n) is 5.65. The lowest BCUT2D eigenvalue weighted by atomic mass is 9.95. The highest BCUT2D eigenvalue weighted by atomic mass is 32.1. The van der Waals surface area contributed by atoms with E-state index in [9.17, 15) is 24.8 Å². The number of aromatic nitrogens is 1. The molecule has 0 aliphatic carbocycles. The van der Waals surface area contributed by atoms with Crippen molar-refractivity contribution in [3.8, 4) is 0 Å². The highest BCUT2D eigenvalue weighted by molar-refractivity contribution is 7.22. The molecule has 8 nitrogen and oxygen atoms in total. The Morgan fingerprint density at radius 2 is 1.76 bits per heavy atom. The van der Waals surface area contributed by atoms with Crippen LogP contribution in [0.1, 0.15) is 22.7 Å². The fraction of sp³-hybridized carbons (Fsp3) is 0.0800. The van der Waals surface area contributed by atoms with E-state index in [0.717, 1.165) is 10.3 Å². The lowest BCUT2D eigenvalue weighted by molar-refractivity contribution is -0.384. The van der Waals surface area contributed by atoms with Crippen LogP contribution in [0.25, 0.3) is 16.0 Å². The van der Waals surface area contributed by atoms with E-state index in [0.29, 0.717) is 21.8 Å².